The molecule has 4 rings (SSSR count). The summed E-state index contributed by atoms with van der Waals surface area (Å²) in [5.41, 5.74) is 1.09. The summed E-state index contributed by atoms with van der Waals surface area (Å²) in [6.45, 7) is 3.96. The summed E-state index contributed by atoms with van der Waals surface area (Å²) in [6.07, 6.45) is 8.78. The number of likely N-dealkylation sites (tertiary alicyclic amines) is 1. The smallest absolute Gasteiger partial charge is 0.236 e. The molecule has 26 heavy (non-hydrogen) atoms. The molecule has 0 unspecified atom stereocenters. The van der Waals surface area contributed by atoms with Gasteiger partial charge in [-0.2, -0.15) is 0 Å². The van der Waals surface area contributed by atoms with E-state index in [9.17, 15) is 9.59 Å². The molecule has 1 aliphatic carbocycles. The molecular weight excluding hydrogens is 348 g/mol. The van der Waals surface area contributed by atoms with Crippen LogP contribution in [0.15, 0.2) is 0 Å². The maximum absolute atomic E-state index is 12.6. The third-order valence-corrected chi connectivity index (χ3v) is 6.83. The van der Waals surface area contributed by atoms with Crippen molar-refractivity contribution in [2.45, 2.75) is 57.9 Å². The normalized spacial score (nSPS) is 21.6. The number of anilines is 1. The summed E-state index contributed by atoms with van der Waals surface area (Å²) in [6, 6.07) is 0. The van der Waals surface area contributed by atoms with Gasteiger partial charge in [-0.05, 0) is 25.7 Å². The molecule has 142 valence electrons. The van der Waals surface area contributed by atoms with Crippen LogP contribution < -0.4 is 5.32 Å². The Morgan fingerprint density at radius 2 is 1.85 bits per heavy atom. The summed E-state index contributed by atoms with van der Waals surface area (Å²) < 4.78 is 0. The third kappa shape index (κ3) is 4.09. The second-order valence-electron chi connectivity index (χ2n) is 7.76. The number of fused-ring (bicyclic) bond motifs is 1. The highest BCUT2D eigenvalue weighted by atomic mass is 32.1. The molecule has 1 aromatic heterocycles. The lowest BCUT2D eigenvalue weighted by molar-refractivity contribution is -0.132. The Bertz CT molecular complexity index is 662. The summed E-state index contributed by atoms with van der Waals surface area (Å²) in [5.74, 6) is 0.563. The molecule has 1 aromatic rings. The fourth-order valence-corrected chi connectivity index (χ4v) is 4.98. The van der Waals surface area contributed by atoms with Gasteiger partial charge < -0.3 is 10.2 Å². The Labute approximate surface area is 159 Å². The van der Waals surface area contributed by atoms with Gasteiger partial charge >= 0.3 is 0 Å². The molecule has 2 fully saturated rings. The lowest BCUT2D eigenvalue weighted by Crippen LogP contribution is -2.42. The van der Waals surface area contributed by atoms with Crippen LogP contribution in [0.4, 0.5) is 5.13 Å². The summed E-state index contributed by atoms with van der Waals surface area (Å²) in [4.78, 5) is 34.8. The highest BCUT2D eigenvalue weighted by molar-refractivity contribution is 7.15. The van der Waals surface area contributed by atoms with Crippen molar-refractivity contribution in [2.75, 3.05) is 31.5 Å². The van der Waals surface area contributed by atoms with Gasteiger partial charge in [0.2, 0.25) is 11.8 Å². The van der Waals surface area contributed by atoms with E-state index in [0.717, 1.165) is 75.5 Å². The number of thiazole rings is 1. The van der Waals surface area contributed by atoms with Gasteiger partial charge in [-0.15, -0.1) is 11.3 Å². The van der Waals surface area contributed by atoms with Gasteiger partial charge in [0.25, 0.3) is 0 Å². The molecule has 0 atom stereocenters. The summed E-state index contributed by atoms with van der Waals surface area (Å²) >= 11 is 1.58. The van der Waals surface area contributed by atoms with Gasteiger partial charge in [-0.3, -0.25) is 14.5 Å². The van der Waals surface area contributed by atoms with Crippen LogP contribution in [0, 0.1) is 5.92 Å². The van der Waals surface area contributed by atoms with Gasteiger partial charge in [-0.25, -0.2) is 4.98 Å². The summed E-state index contributed by atoms with van der Waals surface area (Å²) in [5, 5.41) is 3.72. The first-order chi connectivity index (χ1) is 12.7. The minimum atomic E-state index is 0.121. The van der Waals surface area contributed by atoms with Crippen LogP contribution in [0.5, 0.6) is 0 Å². The van der Waals surface area contributed by atoms with E-state index in [-0.39, 0.29) is 17.7 Å². The van der Waals surface area contributed by atoms with Crippen LogP contribution in [0.1, 0.15) is 55.5 Å². The van der Waals surface area contributed by atoms with E-state index in [1.807, 2.05) is 4.90 Å². The van der Waals surface area contributed by atoms with Crippen LogP contribution in [-0.2, 0) is 22.6 Å². The second-order valence-corrected chi connectivity index (χ2v) is 8.85. The highest BCUT2D eigenvalue weighted by Gasteiger charge is 2.28. The first kappa shape index (κ1) is 17.9. The van der Waals surface area contributed by atoms with E-state index in [1.165, 1.54) is 17.7 Å². The molecule has 1 saturated heterocycles. The number of nitrogens with zero attached hydrogens (tertiary/aromatic N) is 3. The molecule has 3 heterocycles. The molecule has 2 amide bonds. The van der Waals surface area contributed by atoms with E-state index < -0.39 is 0 Å². The van der Waals surface area contributed by atoms with Crippen molar-refractivity contribution in [1.82, 2.24) is 14.8 Å². The maximum atomic E-state index is 12.6. The van der Waals surface area contributed by atoms with Crippen molar-refractivity contribution in [1.29, 1.82) is 0 Å². The Hall–Kier alpha value is -1.47. The van der Waals surface area contributed by atoms with E-state index in [2.05, 4.69) is 15.2 Å². The number of aromatic nitrogens is 1. The third-order valence-electron chi connectivity index (χ3n) is 5.83. The van der Waals surface area contributed by atoms with E-state index >= 15 is 0 Å². The number of rotatable bonds is 4. The van der Waals surface area contributed by atoms with Gasteiger partial charge in [0.1, 0.15) is 0 Å². The molecule has 3 aliphatic rings. The van der Waals surface area contributed by atoms with Crippen LogP contribution in [0.25, 0.3) is 0 Å². The molecule has 0 bridgehead atoms. The standard InChI is InChI=1S/C19H28N4O2S/c24-17(23-9-3-1-2-4-10-23)13-22-11-8-15-16(12-22)26-19(20-15)21-18(25)14-6-5-7-14/h14H,1-13H2,(H,20,21,25). The van der Waals surface area contributed by atoms with Crippen LogP contribution in [0.3, 0.4) is 0 Å². The fraction of sp³-hybridized carbons (Fsp3) is 0.737. The second kappa shape index (κ2) is 8.05. The minimum Gasteiger partial charge on any atom is -0.342 e. The zero-order valence-corrected chi connectivity index (χ0v) is 16.2. The Balaban J connectivity index is 1.32. The number of hydrogen-bond acceptors (Lipinski definition) is 5. The Kier molecular flexibility index (Phi) is 5.55. The first-order valence-electron chi connectivity index (χ1n) is 9.98. The van der Waals surface area contributed by atoms with Crippen molar-refractivity contribution in [3.05, 3.63) is 10.6 Å². The fourth-order valence-electron chi connectivity index (χ4n) is 3.93. The maximum Gasteiger partial charge on any atom is 0.236 e. The molecule has 0 aromatic carbocycles. The lowest BCUT2D eigenvalue weighted by atomic mass is 9.85. The van der Waals surface area contributed by atoms with E-state index in [4.69, 9.17) is 0 Å². The van der Waals surface area contributed by atoms with Gasteiger partial charge in [0, 0.05) is 43.4 Å². The van der Waals surface area contributed by atoms with E-state index in [0.29, 0.717) is 6.54 Å². The first-order valence-corrected chi connectivity index (χ1v) is 10.8. The number of amides is 2. The van der Waals surface area contributed by atoms with Gasteiger partial charge in [-0.1, -0.05) is 19.3 Å². The van der Waals surface area contributed by atoms with Crippen LogP contribution in [0.2, 0.25) is 0 Å². The van der Waals surface area contributed by atoms with Gasteiger partial charge in [0.15, 0.2) is 5.13 Å². The average Bonchev–Trinajstić information content (AvgIpc) is 2.78. The lowest BCUT2D eigenvalue weighted by Gasteiger charge is -2.28. The predicted octanol–water partition coefficient (Wildman–Crippen LogP) is 2.64. The number of carbonyl (C=O) groups is 2. The Morgan fingerprint density at radius 3 is 2.54 bits per heavy atom. The molecule has 1 saturated carbocycles. The molecule has 0 spiro atoms. The van der Waals surface area contributed by atoms with Crippen molar-refractivity contribution < 1.29 is 9.59 Å². The molecule has 1 N–H and O–H groups in total. The topological polar surface area (TPSA) is 65.5 Å². The largest absolute Gasteiger partial charge is 0.342 e. The highest BCUT2D eigenvalue weighted by Crippen LogP contribution is 2.31. The molecule has 7 heteroatoms. The van der Waals surface area contributed by atoms with Crippen molar-refractivity contribution in [3.63, 3.8) is 0 Å². The predicted molar refractivity (Wildman–Crippen MR) is 102 cm³/mol. The Morgan fingerprint density at radius 1 is 1.08 bits per heavy atom. The zero-order valence-electron chi connectivity index (χ0n) is 15.3. The van der Waals surface area contributed by atoms with Crippen LogP contribution in [-0.4, -0.2) is 52.8 Å². The van der Waals surface area contributed by atoms with Crippen molar-refractivity contribution in [2.24, 2.45) is 5.92 Å². The SMILES string of the molecule is O=C(Nc1nc2c(s1)CN(CC(=O)N1CCCCCC1)CC2)C1CCC1. The van der Waals surface area contributed by atoms with Gasteiger partial charge in [0.05, 0.1) is 12.2 Å². The number of hydrogen-bond donors (Lipinski definition) is 1. The zero-order chi connectivity index (χ0) is 17.9. The number of carbonyl (C=O) groups excluding carboxylic acids is 2. The quantitative estimate of drug-likeness (QED) is 0.877. The van der Waals surface area contributed by atoms with Crippen molar-refractivity contribution >= 4 is 28.3 Å². The minimum absolute atomic E-state index is 0.121. The number of nitrogens with one attached hydrogen (secondary N) is 1. The van der Waals surface area contributed by atoms with Crippen molar-refractivity contribution in [3.8, 4) is 0 Å². The summed E-state index contributed by atoms with van der Waals surface area (Å²) in [7, 11) is 0. The van der Waals surface area contributed by atoms with Crippen LogP contribution >= 0.6 is 11.3 Å². The van der Waals surface area contributed by atoms with E-state index in [1.54, 1.807) is 11.3 Å². The molecule has 6 nitrogen and oxygen atoms in total. The molecular formula is C19H28N4O2S. The molecule has 0 radical (unpaired) electrons. The monoisotopic (exact) mass is 376 g/mol. The molecule has 2 aliphatic heterocycles. The average molecular weight is 377 g/mol.